The van der Waals surface area contributed by atoms with Crippen molar-refractivity contribution in [3.63, 3.8) is 0 Å². The molecule has 0 saturated carbocycles. The van der Waals surface area contributed by atoms with Crippen LogP contribution in [0.2, 0.25) is 0 Å². The SMILES string of the molecule is CCN(CC)C(=O)N1CCN(CCN2CCN(C(C)(C)C)C2=O)CC1.Cl. The molecule has 26 heavy (non-hydrogen) atoms. The number of rotatable bonds is 5. The number of urea groups is 2. The summed E-state index contributed by atoms with van der Waals surface area (Å²) in [5.74, 6) is 0. The summed E-state index contributed by atoms with van der Waals surface area (Å²) >= 11 is 0. The van der Waals surface area contributed by atoms with E-state index < -0.39 is 0 Å². The third-order valence-corrected chi connectivity index (χ3v) is 5.27. The number of hydrogen-bond donors (Lipinski definition) is 0. The third-order valence-electron chi connectivity index (χ3n) is 5.27. The lowest BCUT2D eigenvalue weighted by Gasteiger charge is -2.37. The molecule has 0 radical (unpaired) electrons. The van der Waals surface area contributed by atoms with Gasteiger partial charge in [0.2, 0.25) is 0 Å². The van der Waals surface area contributed by atoms with Crippen molar-refractivity contribution >= 4 is 24.5 Å². The lowest BCUT2D eigenvalue weighted by molar-refractivity contribution is 0.110. The maximum atomic E-state index is 12.5. The molecule has 2 saturated heterocycles. The Morgan fingerprint density at radius 1 is 0.962 bits per heavy atom. The van der Waals surface area contributed by atoms with Gasteiger partial charge in [-0.15, -0.1) is 12.4 Å². The number of carbonyl (C=O) groups excluding carboxylic acids is 2. The zero-order valence-electron chi connectivity index (χ0n) is 17.0. The van der Waals surface area contributed by atoms with Gasteiger partial charge in [0.15, 0.2) is 0 Å². The molecule has 0 aromatic heterocycles. The highest BCUT2D eigenvalue weighted by Gasteiger charge is 2.35. The predicted molar refractivity (Wildman–Crippen MR) is 107 cm³/mol. The zero-order chi connectivity index (χ0) is 18.6. The molecule has 8 heteroatoms. The summed E-state index contributed by atoms with van der Waals surface area (Å²) in [5.41, 5.74) is -0.109. The molecular weight excluding hydrogens is 354 g/mol. The van der Waals surface area contributed by atoms with Crippen molar-refractivity contribution < 1.29 is 9.59 Å². The second-order valence-electron chi connectivity index (χ2n) is 7.88. The predicted octanol–water partition coefficient (Wildman–Crippen LogP) is 2.02. The molecule has 4 amide bonds. The molecule has 2 aliphatic heterocycles. The summed E-state index contributed by atoms with van der Waals surface area (Å²) in [6.45, 7) is 18.4. The normalized spacial score (nSPS) is 19.0. The summed E-state index contributed by atoms with van der Waals surface area (Å²) in [4.78, 5) is 35.0. The van der Waals surface area contributed by atoms with E-state index in [-0.39, 0.29) is 30.0 Å². The number of piperazine rings is 1. The Bertz CT molecular complexity index is 471. The highest BCUT2D eigenvalue weighted by Crippen LogP contribution is 2.20. The van der Waals surface area contributed by atoms with Crippen LogP contribution in [0.1, 0.15) is 34.6 Å². The van der Waals surface area contributed by atoms with Gasteiger partial charge >= 0.3 is 12.1 Å². The first-order chi connectivity index (χ1) is 11.8. The van der Waals surface area contributed by atoms with E-state index in [1.807, 2.05) is 33.4 Å². The largest absolute Gasteiger partial charge is 0.325 e. The first-order valence-corrected chi connectivity index (χ1v) is 9.60. The molecule has 0 unspecified atom stereocenters. The molecule has 0 atom stereocenters. The Hall–Kier alpha value is -1.21. The fourth-order valence-corrected chi connectivity index (χ4v) is 3.53. The monoisotopic (exact) mass is 389 g/mol. The van der Waals surface area contributed by atoms with Crippen molar-refractivity contribution in [3.8, 4) is 0 Å². The molecule has 2 rings (SSSR count). The van der Waals surface area contributed by atoms with Crippen molar-refractivity contribution in [1.29, 1.82) is 0 Å². The van der Waals surface area contributed by atoms with Gasteiger partial charge in [-0.05, 0) is 34.6 Å². The minimum absolute atomic E-state index is 0. The van der Waals surface area contributed by atoms with E-state index >= 15 is 0 Å². The summed E-state index contributed by atoms with van der Waals surface area (Å²) in [6, 6.07) is 0.308. The van der Waals surface area contributed by atoms with Gasteiger partial charge in [-0.1, -0.05) is 0 Å². The van der Waals surface area contributed by atoms with Crippen LogP contribution in [0, 0.1) is 0 Å². The van der Waals surface area contributed by atoms with Gasteiger partial charge in [0, 0.05) is 71.0 Å². The van der Waals surface area contributed by atoms with Gasteiger partial charge in [0.05, 0.1) is 0 Å². The standard InChI is InChI=1S/C18H35N5O2.ClH/c1-6-20(7-2)16(24)21-11-8-19(9-12-21)10-13-22-14-15-23(17(22)25)18(3,4)5;/h6-15H2,1-5H3;1H. The maximum absolute atomic E-state index is 12.5. The van der Waals surface area contributed by atoms with Gasteiger partial charge in [0.1, 0.15) is 0 Å². The molecular formula is C18H36ClN5O2. The molecule has 2 fully saturated rings. The van der Waals surface area contributed by atoms with Crippen LogP contribution in [0.3, 0.4) is 0 Å². The molecule has 2 heterocycles. The maximum Gasteiger partial charge on any atom is 0.320 e. The first-order valence-electron chi connectivity index (χ1n) is 9.60. The van der Waals surface area contributed by atoms with Crippen LogP contribution >= 0.6 is 12.4 Å². The van der Waals surface area contributed by atoms with E-state index in [9.17, 15) is 9.59 Å². The molecule has 0 aromatic rings. The summed E-state index contributed by atoms with van der Waals surface area (Å²) in [7, 11) is 0. The van der Waals surface area contributed by atoms with Gasteiger partial charge in [-0.2, -0.15) is 0 Å². The van der Waals surface area contributed by atoms with Gasteiger partial charge < -0.3 is 19.6 Å². The van der Waals surface area contributed by atoms with Crippen molar-refractivity contribution in [2.24, 2.45) is 0 Å². The van der Waals surface area contributed by atoms with Crippen LogP contribution in [0.15, 0.2) is 0 Å². The second kappa shape index (κ2) is 9.65. The average Bonchev–Trinajstić information content (AvgIpc) is 2.95. The quantitative estimate of drug-likeness (QED) is 0.722. The van der Waals surface area contributed by atoms with E-state index in [1.54, 1.807) is 0 Å². The highest BCUT2D eigenvalue weighted by atomic mass is 35.5. The van der Waals surface area contributed by atoms with E-state index in [0.29, 0.717) is 0 Å². The fourth-order valence-electron chi connectivity index (χ4n) is 3.53. The van der Waals surface area contributed by atoms with Crippen molar-refractivity contribution in [3.05, 3.63) is 0 Å². The lowest BCUT2D eigenvalue weighted by atomic mass is 10.1. The molecule has 0 bridgehead atoms. The van der Waals surface area contributed by atoms with Crippen LogP contribution in [0.4, 0.5) is 9.59 Å². The van der Waals surface area contributed by atoms with Crippen LogP contribution in [-0.4, -0.2) is 108 Å². The summed E-state index contributed by atoms with van der Waals surface area (Å²) in [5, 5.41) is 0. The van der Waals surface area contributed by atoms with Crippen LogP contribution < -0.4 is 0 Å². The minimum atomic E-state index is -0.109. The average molecular weight is 390 g/mol. The molecule has 152 valence electrons. The van der Waals surface area contributed by atoms with Crippen LogP contribution in [0.25, 0.3) is 0 Å². The summed E-state index contributed by atoms with van der Waals surface area (Å²) < 4.78 is 0. The van der Waals surface area contributed by atoms with Gasteiger partial charge in [-0.3, -0.25) is 4.90 Å². The van der Waals surface area contributed by atoms with E-state index in [1.165, 1.54) is 0 Å². The molecule has 7 nitrogen and oxygen atoms in total. The van der Waals surface area contributed by atoms with E-state index in [2.05, 4.69) is 25.7 Å². The van der Waals surface area contributed by atoms with Crippen molar-refractivity contribution in [1.82, 2.24) is 24.5 Å². The van der Waals surface area contributed by atoms with E-state index in [4.69, 9.17) is 0 Å². The van der Waals surface area contributed by atoms with Crippen LogP contribution in [-0.2, 0) is 0 Å². The Kier molecular flexibility index (Phi) is 8.47. The Labute approximate surface area is 164 Å². The molecule has 0 N–H and O–H groups in total. The Morgan fingerprint density at radius 3 is 2.00 bits per heavy atom. The van der Waals surface area contributed by atoms with Crippen LogP contribution in [0.5, 0.6) is 0 Å². The van der Waals surface area contributed by atoms with Gasteiger partial charge in [0.25, 0.3) is 0 Å². The smallest absolute Gasteiger partial charge is 0.320 e. The van der Waals surface area contributed by atoms with Crippen molar-refractivity contribution in [2.45, 2.75) is 40.2 Å². The topological polar surface area (TPSA) is 50.3 Å². The van der Waals surface area contributed by atoms with E-state index in [0.717, 1.165) is 65.4 Å². The second-order valence-corrected chi connectivity index (χ2v) is 7.88. The number of halogens is 1. The van der Waals surface area contributed by atoms with Crippen molar-refractivity contribution in [2.75, 3.05) is 65.4 Å². The molecule has 0 aromatic carbocycles. The lowest BCUT2D eigenvalue weighted by Crippen LogP contribution is -2.53. The zero-order valence-corrected chi connectivity index (χ0v) is 17.8. The third kappa shape index (κ3) is 5.39. The number of nitrogens with zero attached hydrogens (tertiary/aromatic N) is 5. The highest BCUT2D eigenvalue weighted by molar-refractivity contribution is 5.85. The first kappa shape index (κ1) is 22.8. The summed E-state index contributed by atoms with van der Waals surface area (Å²) in [6.07, 6.45) is 0. The molecule has 2 aliphatic rings. The number of amides is 4. The number of carbonyl (C=O) groups is 2. The van der Waals surface area contributed by atoms with Gasteiger partial charge in [-0.25, -0.2) is 9.59 Å². The minimum Gasteiger partial charge on any atom is -0.325 e. The fraction of sp³-hybridized carbons (Fsp3) is 0.889. The molecule has 0 aliphatic carbocycles. The Balaban J connectivity index is 0.00000338. The number of hydrogen-bond acceptors (Lipinski definition) is 3. The Morgan fingerprint density at radius 2 is 1.54 bits per heavy atom. The molecule has 0 spiro atoms.